The number of hydrogen-bond donors (Lipinski definition) is 2. The van der Waals surface area contributed by atoms with E-state index in [4.69, 9.17) is 9.47 Å². The van der Waals surface area contributed by atoms with Gasteiger partial charge in [0.15, 0.2) is 11.5 Å². The molecule has 1 aliphatic heterocycles. The van der Waals surface area contributed by atoms with Gasteiger partial charge in [-0.05, 0) is 57.9 Å². The van der Waals surface area contributed by atoms with Crippen LogP contribution >= 0.6 is 15.9 Å². The van der Waals surface area contributed by atoms with Crippen molar-refractivity contribution < 1.29 is 19.4 Å². The average molecular weight is 377 g/mol. The molecule has 0 unspecified atom stereocenters. The molecule has 118 valence electrons. The first-order valence-corrected chi connectivity index (χ1v) is 7.64. The van der Waals surface area contributed by atoms with E-state index in [1.165, 1.54) is 24.4 Å². The molecule has 0 bridgehead atoms. The molecule has 0 spiro atoms. The van der Waals surface area contributed by atoms with Gasteiger partial charge in [0.2, 0.25) is 0 Å². The van der Waals surface area contributed by atoms with E-state index in [2.05, 4.69) is 26.5 Å². The lowest BCUT2D eigenvalue weighted by Crippen LogP contribution is -2.17. The lowest BCUT2D eigenvalue weighted by Gasteiger charge is -2.18. The Morgan fingerprint density at radius 3 is 2.74 bits per heavy atom. The number of benzene rings is 2. The number of fused-ring (bicyclic) bond motifs is 1. The highest BCUT2D eigenvalue weighted by Gasteiger charge is 2.11. The summed E-state index contributed by atoms with van der Waals surface area (Å²) in [5.74, 6) is 1.06. The van der Waals surface area contributed by atoms with Crippen LogP contribution in [0.25, 0.3) is 0 Å². The lowest BCUT2D eigenvalue weighted by atomic mass is 10.2. The summed E-state index contributed by atoms with van der Waals surface area (Å²) >= 11 is 3.16. The normalized spacial score (nSPS) is 13.1. The summed E-state index contributed by atoms with van der Waals surface area (Å²) in [4.78, 5) is 12.0. The summed E-state index contributed by atoms with van der Waals surface area (Å²) < 4.78 is 11.4. The molecule has 0 saturated heterocycles. The average Bonchev–Trinajstić information content (AvgIpc) is 2.57. The van der Waals surface area contributed by atoms with Crippen molar-refractivity contribution in [2.45, 2.75) is 0 Å². The molecular weight excluding hydrogens is 364 g/mol. The van der Waals surface area contributed by atoms with Crippen molar-refractivity contribution in [3.05, 3.63) is 52.0 Å². The van der Waals surface area contributed by atoms with Crippen LogP contribution in [-0.2, 0) is 0 Å². The van der Waals surface area contributed by atoms with Gasteiger partial charge in [-0.2, -0.15) is 5.10 Å². The Labute approximate surface area is 140 Å². The first-order valence-electron chi connectivity index (χ1n) is 6.85. The standard InChI is InChI=1S/C16H13BrN2O4/c17-12-8-11(2-3-13(12)20)16(21)19-18-9-10-1-4-14-15(7-10)23-6-5-22-14/h1-4,7-9,20H,5-6H2,(H,19,21)/b18-9+. The molecule has 0 atom stereocenters. The third-order valence-corrected chi connectivity index (χ3v) is 3.79. The molecule has 2 aromatic carbocycles. The van der Waals surface area contributed by atoms with Crippen LogP contribution in [0.5, 0.6) is 17.2 Å². The zero-order valence-corrected chi connectivity index (χ0v) is 13.5. The lowest BCUT2D eigenvalue weighted by molar-refractivity contribution is 0.0955. The number of halogens is 1. The van der Waals surface area contributed by atoms with Crippen LogP contribution < -0.4 is 14.9 Å². The maximum absolute atomic E-state index is 12.0. The van der Waals surface area contributed by atoms with Crippen LogP contribution in [-0.4, -0.2) is 30.4 Å². The van der Waals surface area contributed by atoms with E-state index in [0.717, 1.165) is 5.56 Å². The third-order valence-electron chi connectivity index (χ3n) is 3.16. The Hall–Kier alpha value is -2.54. The fraction of sp³-hybridized carbons (Fsp3) is 0.125. The molecule has 0 saturated carbocycles. The second kappa shape index (κ2) is 6.70. The van der Waals surface area contributed by atoms with Crippen molar-refractivity contribution in [2.75, 3.05) is 13.2 Å². The highest BCUT2D eigenvalue weighted by molar-refractivity contribution is 9.10. The number of nitrogens with one attached hydrogen (secondary N) is 1. The minimum Gasteiger partial charge on any atom is -0.507 e. The number of carbonyl (C=O) groups excluding carboxylic acids is 1. The first kappa shape index (κ1) is 15.4. The molecule has 1 aliphatic rings. The van der Waals surface area contributed by atoms with Crippen molar-refractivity contribution in [1.29, 1.82) is 0 Å². The third kappa shape index (κ3) is 3.62. The van der Waals surface area contributed by atoms with Crippen LogP contribution in [0, 0.1) is 0 Å². The molecule has 2 aromatic rings. The van der Waals surface area contributed by atoms with E-state index >= 15 is 0 Å². The number of rotatable bonds is 3. The summed E-state index contributed by atoms with van der Waals surface area (Å²) in [5.41, 5.74) is 3.59. The largest absolute Gasteiger partial charge is 0.507 e. The maximum atomic E-state index is 12.0. The topological polar surface area (TPSA) is 80.2 Å². The van der Waals surface area contributed by atoms with Gasteiger partial charge in [0, 0.05) is 5.56 Å². The smallest absolute Gasteiger partial charge is 0.271 e. The molecule has 3 rings (SSSR count). The van der Waals surface area contributed by atoms with Crippen LogP contribution in [0.15, 0.2) is 46.0 Å². The fourth-order valence-corrected chi connectivity index (χ4v) is 2.40. The predicted molar refractivity (Wildman–Crippen MR) is 88.3 cm³/mol. The van der Waals surface area contributed by atoms with Crippen LogP contribution in [0.4, 0.5) is 0 Å². The minimum atomic E-state index is -0.375. The molecule has 1 amide bonds. The van der Waals surface area contributed by atoms with Gasteiger partial charge in [-0.3, -0.25) is 4.79 Å². The number of nitrogens with zero attached hydrogens (tertiary/aromatic N) is 1. The number of hydrogen-bond acceptors (Lipinski definition) is 5. The van der Waals surface area contributed by atoms with Gasteiger partial charge in [-0.15, -0.1) is 0 Å². The van der Waals surface area contributed by atoms with Gasteiger partial charge < -0.3 is 14.6 Å². The van der Waals surface area contributed by atoms with E-state index in [1.54, 1.807) is 12.1 Å². The van der Waals surface area contributed by atoms with Gasteiger partial charge in [0.1, 0.15) is 19.0 Å². The maximum Gasteiger partial charge on any atom is 0.271 e. The Morgan fingerprint density at radius 1 is 1.17 bits per heavy atom. The van der Waals surface area contributed by atoms with Crippen molar-refractivity contribution in [1.82, 2.24) is 5.43 Å². The second-order valence-corrected chi connectivity index (χ2v) is 5.62. The Balaban J connectivity index is 1.66. The molecule has 1 heterocycles. The Morgan fingerprint density at radius 2 is 1.96 bits per heavy atom. The Bertz CT molecular complexity index is 777. The summed E-state index contributed by atoms with van der Waals surface area (Å²) in [6.07, 6.45) is 1.52. The van der Waals surface area contributed by atoms with Gasteiger partial charge >= 0.3 is 0 Å². The number of hydrazone groups is 1. The number of carbonyl (C=O) groups is 1. The second-order valence-electron chi connectivity index (χ2n) is 4.77. The molecule has 6 nitrogen and oxygen atoms in total. The van der Waals surface area contributed by atoms with Crippen molar-refractivity contribution in [2.24, 2.45) is 5.10 Å². The van der Waals surface area contributed by atoms with E-state index in [0.29, 0.717) is 34.7 Å². The molecular formula is C16H13BrN2O4. The van der Waals surface area contributed by atoms with Crippen LogP contribution in [0.2, 0.25) is 0 Å². The van der Waals surface area contributed by atoms with Crippen LogP contribution in [0.3, 0.4) is 0 Å². The number of phenols is 1. The van der Waals surface area contributed by atoms with E-state index in [1.807, 2.05) is 6.07 Å². The number of amides is 1. The zero-order valence-electron chi connectivity index (χ0n) is 12.0. The SMILES string of the molecule is O=C(N/N=C/c1ccc2c(c1)OCCO2)c1ccc(O)c(Br)c1. The molecule has 0 aromatic heterocycles. The van der Waals surface area contributed by atoms with Gasteiger partial charge in [-0.25, -0.2) is 5.43 Å². The molecule has 0 radical (unpaired) electrons. The first-order chi connectivity index (χ1) is 11.1. The molecule has 0 aliphatic carbocycles. The summed E-state index contributed by atoms with van der Waals surface area (Å²) in [5, 5.41) is 13.3. The Kier molecular flexibility index (Phi) is 4.47. The minimum absolute atomic E-state index is 0.0707. The molecule has 0 fully saturated rings. The van der Waals surface area contributed by atoms with E-state index < -0.39 is 0 Å². The van der Waals surface area contributed by atoms with Crippen LogP contribution in [0.1, 0.15) is 15.9 Å². The quantitative estimate of drug-likeness (QED) is 0.637. The molecule has 2 N–H and O–H groups in total. The highest BCUT2D eigenvalue weighted by Crippen LogP contribution is 2.30. The summed E-state index contributed by atoms with van der Waals surface area (Å²) in [7, 11) is 0. The monoisotopic (exact) mass is 376 g/mol. The van der Waals surface area contributed by atoms with E-state index in [-0.39, 0.29) is 11.7 Å². The van der Waals surface area contributed by atoms with Crippen molar-refractivity contribution in [3.63, 3.8) is 0 Å². The summed E-state index contributed by atoms with van der Waals surface area (Å²) in [6.45, 7) is 1.05. The van der Waals surface area contributed by atoms with Gasteiger partial charge in [0.05, 0.1) is 10.7 Å². The molecule has 7 heteroatoms. The molecule has 23 heavy (non-hydrogen) atoms. The number of ether oxygens (including phenoxy) is 2. The fourth-order valence-electron chi connectivity index (χ4n) is 2.02. The van der Waals surface area contributed by atoms with Gasteiger partial charge in [-0.1, -0.05) is 0 Å². The zero-order chi connectivity index (χ0) is 16.2. The number of aromatic hydroxyl groups is 1. The van der Waals surface area contributed by atoms with Gasteiger partial charge in [0.25, 0.3) is 5.91 Å². The predicted octanol–water partition coefficient (Wildman–Crippen LogP) is 2.69. The number of phenolic OH excluding ortho intramolecular Hbond substituents is 1. The van der Waals surface area contributed by atoms with Crippen molar-refractivity contribution >= 4 is 28.1 Å². The highest BCUT2D eigenvalue weighted by atomic mass is 79.9. The van der Waals surface area contributed by atoms with Crippen molar-refractivity contribution in [3.8, 4) is 17.2 Å². The summed E-state index contributed by atoms with van der Waals surface area (Å²) in [6, 6.07) is 9.87. The van der Waals surface area contributed by atoms with E-state index in [9.17, 15) is 9.90 Å².